The number of likely N-dealkylation sites (N-methyl/N-ethyl adjacent to an activating group) is 1. The first kappa shape index (κ1) is 15.4. The first-order valence-corrected chi connectivity index (χ1v) is 7.33. The van der Waals surface area contributed by atoms with E-state index < -0.39 is 5.54 Å². The maximum atomic E-state index is 12.1. The van der Waals surface area contributed by atoms with Crippen molar-refractivity contribution in [3.05, 3.63) is 0 Å². The van der Waals surface area contributed by atoms with Gasteiger partial charge in [-0.05, 0) is 32.9 Å². The molecule has 0 atom stereocenters. The predicted molar refractivity (Wildman–Crippen MR) is 73.6 cm³/mol. The van der Waals surface area contributed by atoms with Gasteiger partial charge >= 0.3 is 5.97 Å². The second kappa shape index (κ2) is 7.74. The molecule has 0 aliphatic heterocycles. The van der Waals surface area contributed by atoms with Crippen LogP contribution < -0.4 is 5.32 Å². The van der Waals surface area contributed by atoms with Gasteiger partial charge in [-0.3, -0.25) is 4.79 Å². The lowest BCUT2D eigenvalue weighted by Crippen LogP contribution is -2.52. The highest BCUT2D eigenvalue weighted by molar-refractivity contribution is 5.81. The summed E-state index contributed by atoms with van der Waals surface area (Å²) in [4.78, 5) is 14.4. The molecule has 1 rings (SSSR count). The van der Waals surface area contributed by atoms with Crippen LogP contribution in [0.1, 0.15) is 46.5 Å². The van der Waals surface area contributed by atoms with Gasteiger partial charge in [0, 0.05) is 13.1 Å². The van der Waals surface area contributed by atoms with Gasteiger partial charge in [0.1, 0.15) is 5.54 Å². The molecule has 0 aromatic rings. The molecular weight excluding hydrogens is 228 g/mol. The number of ether oxygens (including phenoxy) is 1. The quantitative estimate of drug-likeness (QED) is 0.672. The van der Waals surface area contributed by atoms with Crippen LogP contribution in [0.25, 0.3) is 0 Å². The summed E-state index contributed by atoms with van der Waals surface area (Å²) in [6.07, 6.45) is 4.09. The van der Waals surface area contributed by atoms with Gasteiger partial charge in [0.25, 0.3) is 0 Å². The topological polar surface area (TPSA) is 41.6 Å². The fourth-order valence-electron chi connectivity index (χ4n) is 2.69. The minimum absolute atomic E-state index is 0.0537. The number of rotatable bonds is 8. The number of hydrogen-bond acceptors (Lipinski definition) is 4. The molecule has 1 saturated carbocycles. The van der Waals surface area contributed by atoms with Gasteiger partial charge in [0.2, 0.25) is 0 Å². The van der Waals surface area contributed by atoms with Crippen molar-refractivity contribution in [2.24, 2.45) is 0 Å². The number of nitrogens with zero attached hydrogens (tertiary/aromatic N) is 1. The van der Waals surface area contributed by atoms with E-state index in [2.05, 4.69) is 24.1 Å². The van der Waals surface area contributed by atoms with Gasteiger partial charge in [-0.15, -0.1) is 0 Å². The minimum atomic E-state index is -0.400. The van der Waals surface area contributed by atoms with Crippen LogP contribution in [0.5, 0.6) is 0 Å². The standard InChI is InChI=1S/C14H28N2O2/c1-4-16(5-2)12-11-15-14(9-7-8-10-14)13(17)18-6-3/h15H,4-12H2,1-3H3. The lowest BCUT2D eigenvalue weighted by molar-refractivity contribution is -0.151. The van der Waals surface area contributed by atoms with E-state index in [9.17, 15) is 4.79 Å². The van der Waals surface area contributed by atoms with Crippen LogP contribution in [0.15, 0.2) is 0 Å². The third-order valence-corrected chi connectivity index (χ3v) is 3.91. The molecule has 4 heteroatoms. The fraction of sp³-hybridized carbons (Fsp3) is 0.929. The van der Waals surface area contributed by atoms with Gasteiger partial charge in [-0.25, -0.2) is 0 Å². The van der Waals surface area contributed by atoms with Gasteiger partial charge in [-0.2, -0.15) is 0 Å². The van der Waals surface area contributed by atoms with Crippen LogP contribution >= 0.6 is 0 Å². The fourth-order valence-corrected chi connectivity index (χ4v) is 2.69. The SMILES string of the molecule is CCOC(=O)C1(NCCN(CC)CC)CCCC1. The summed E-state index contributed by atoms with van der Waals surface area (Å²) < 4.78 is 5.22. The molecule has 0 radical (unpaired) electrons. The molecule has 106 valence electrons. The number of nitrogens with one attached hydrogen (secondary N) is 1. The highest BCUT2D eigenvalue weighted by Crippen LogP contribution is 2.30. The van der Waals surface area contributed by atoms with Crippen molar-refractivity contribution in [3.8, 4) is 0 Å². The van der Waals surface area contributed by atoms with Gasteiger partial charge < -0.3 is 15.0 Å². The van der Waals surface area contributed by atoms with E-state index in [-0.39, 0.29) is 5.97 Å². The van der Waals surface area contributed by atoms with Crippen LogP contribution in [-0.4, -0.2) is 49.2 Å². The van der Waals surface area contributed by atoms with Crippen molar-refractivity contribution in [2.75, 3.05) is 32.8 Å². The highest BCUT2D eigenvalue weighted by Gasteiger charge is 2.41. The Morgan fingerprint density at radius 1 is 1.22 bits per heavy atom. The number of hydrogen-bond donors (Lipinski definition) is 1. The van der Waals surface area contributed by atoms with E-state index >= 15 is 0 Å². The minimum Gasteiger partial charge on any atom is -0.465 e. The summed E-state index contributed by atoms with van der Waals surface area (Å²) in [6, 6.07) is 0. The Bertz CT molecular complexity index is 246. The van der Waals surface area contributed by atoms with E-state index in [0.29, 0.717) is 6.61 Å². The Morgan fingerprint density at radius 2 is 1.83 bits per heavy atom. The predicted octanol–water partition coefficient (Wildman–Crippen LogP) is 1.79. The third-order valence-electron chi connectivity index (χ3n) is 3.91. The molecule has 0 aromatic heterocycles. The highest BCUT2D eigenvalue weighted by atomic mass is 16.5. The van der Waals surface area contributed by atoms with Crippen LogP contribution in [0, 0.1) is 0 Å². The second-order valence-corrected chi connectivity index (χ2v) is 4.96. The molecule has 18 heavy (non-hydrogen) atoms. The maximum Gasteiger partial charge on any atom is 0.326 e. The summed E-state index contributed by atoms with van der Waals surface area (Å²) >= 11 is 0. The van der Waals surface area contributed by atoms with Crippen LogP contribution in [0.4, 0.5) is 0 Å². The monoisotopic (exact) mass is 256 g/mol. The third kappa shape index (κ3) is 3.95. The van der Waals surface area contributed by atoms with Crippen molar-refractivity contribution in [3.63, 3.8) is 0 Å². The normalized spacial score (nSPS) is 18.2. The Balaban J connectivity index is 2.45. The van der Waals surface area contributed by atoms with Gasteiger partial charge in [0.05, 0.1) is 6.61 Å². The first-order valence-electron chi connectivity index (χ1n) is 7.33. The average molecular weight is 256 g/mol. The smallest absolute Gasteiger partial charge is 0.326 e. The Labute approximate surface area is 111 Å². The van der Waals surface area contributed by atoms with Gasteiger partial charge in [-0.1, -0.05) is 26.7 Å². The Hall–Kier alpha value is -0.610. The Kier molecular flexibility index (Phi) is 6.65. The molecule has 0 bridgehead atoms. The van der Waals surface area contributed by atoms with Crippen molar-refractivity contribution < 1.29 is 9.53 Å². The van der Waals surface area contributed by atoms with E-state index in [0.717, 1.165) is 51.9 Å². The lowest BCUT2D eigenvalue weighted by Gasteiger charge is -2.29. The zero-order valence-electron chi connectivity index (χ0n) is 12.1. The summed E-state index contributed by atoms with van der Waals surface area (Å²) in [6.45, 7) is 10.7. The summed E-state index contributed by atoms with van der Waals surface area (Å²) in [5, 5.41) is 3.46. The molecule has 1 fully saturated rings. The Morgan fingerprint density at radius 3 is 2.33 bits per heavy atom. The molecule has 0 unspecified atom stereocenters. The summed E-state index contributed by atoms with van der Waals surface area (Å²) in [5.41, 5.74) is -0.400. The molecule has 0 heterocycles. The average Bonchev–Trinajstić information content (AvgIpc) is 2.85. The van der Waals surface area contributed by atoms with Crippen LogP contribution in [-0.2, 0) is 9.53 Å². The molecule has 1 aliphatic rings. The second-order valence-electron chi connectivity index (χ2n) is 4.96. The van der Waals surface area contributed by atoms with Crippen molar-refractivity contribution in [1.82, 2.24) is 10.2 Å². The zero-order chi connectivity index (χ0) is 13.4. The van der Waals surface area contributed by atoms with Crippen molar-refractivity contribution in [2.45, 2.75) is 52.0 Å². The summed E-state index contributed by atoms with van der Waals surface area (Å²) in [5.74, 6) is -0.0537. The summed E-state index contributed by atoms with van der Waals surface area (Å²) in [7, 11) is 0. The molecule has 0 aromatic carbocycles. The molecule has 0 spiro atoms. The molecule has 4 nitrogen and oxygen atoms in total. The number of carbonyl (C=O) groups is 1. The van der Waals surface area contributed by atoms with E-state index in [4.69, 9.17) is 4.74 Å². The van der Waals surface area contributed by atoms with E-state index in [1.54, 1.807) is 0 Å². The van der Waals surface area contributed by atoms with Crippen molar-refractivity contribution >= 4 is 5.97 Å². The van der Waals surface area contributed by atoms with Crippen molar-refractivity contribution in [1.29, 1.82) is 0 Å². The molecule has 0 amide bonds. The largest absolute Gasteiger partial charge is 0.465 e. The molecule has 1 N–H and O–H groups in total. The van der Waals surface area contributed by atoms with Crippen LogP contribution in [0.3, 0.4) is 0 Å². The van der Waals surface area contributed by atoms with Crippen LogP contribution in [0.2, 0.25) is 0 Å². The molecule has 1 aliphatic carbocycles. The number of carbonyl (C=O) groups excluding carboxylic acids is 1. The maximum absolute atomic E-state index is 12.1. The van der Waals surface area contributed by atoms with Gasteiger partial charge in [0.15, 0.2) is 0 Å². The zero-order valence-corrected chi connectivity index (χ0v) is 12.1. The van der Waals surface area contributed by atoms with E-state index in [1.165, 1.54) is 0 Å². The number of esters is 1. The molecule has 0 saturated heterocycles. The van der Waals surface area contributed by atoms with E-state index in [1.807, 2.05) is 6.92 Å². The first-order chi connectivity index (χ1) is 8.68. The molecular formula is C14H28N2O2. The lowest BCUT2D eigenvalue weighted by atomic mass is 9.98.